The largest absolute Gasteiger partial charge is 0.433 e. The summed E-state index contributed by atoms with van der Waals surface area (Å²) in [6, 6.07) is 6.07. The molecule has 13 heteroatoms. The van der Waals surface area contributed by atoms with Crippen molar-refractivity contribution in [1.29, 1.82) is 0 Å². The number of benzene rings is 1. The van der Waals surface area contributed by atoms with Gasteiger partial charge in [0.1, 0.15) is 11.3 Å². The van der Waals surface area contributed by atoms with Crippen LogP contribution >= 0.6 is 11.6 Å². The lowest BCUT2D eigenvalue weighted by Crippen LogP contribution is -2.43. The molecule has 6 nitrogen and oxygen atoms in total. The SMILES string of the molecule is CN(c1cc(C(F)(F)F)nc2ccc(Cl)cc12)[C@H]1CC[C@@H](NC(=O)c2c[nH]c3ncc(C(F)(F)F)cc23)CC1. The van der Waals surface area contributed by atoms with Crippen LogP contribution in [-0.4, -0.2) is 40.0 Å². The van der Waals surface area contributed by atoms with Crippen LogP contribution in [0, 0.1) is 0 Å². The first-order valence-electron chi connectivity index (χ1n) is 12.1. The lowest BCUT2D eigenvalue weighted by atomic mass is 9.89. The number of carbonyl (C=O) groups excluding carboxylic acids is 1. The highest BCUT2D eigenvalue weighted by molar-refractivity contribution is 6.31. The molecule has 0 spiro atoms. The van der Waals surface area contributed by atoms with Crippen LogP contribution in [-0.2, 0) is 12.4 Å². The summed E-state index contributed by atoms with van der Waals surface area (Å²) in [6.07, 6.45) is -4.98. The highest BCUT2D eigenvalue weighted by Crippen LogP contribution is 2.38. The summed E-state index contributed by atoms with van der Waals surface area (Å²) in [7, 11) is 1.72. The Bertz CT molecular complexity index is 1540. The zero-order valence-electron chi connectivity index (χ0n) is 20.4. The lowest BCUT2D eigenvalue weighted by molar-refractivity contribution is -0.141. The summed E-state index contributed by atoms with van der Waals surface area (Å²) < 4.78 is 80.0. The zero-order chi connectivity index (χ0) is 28.1. The van der Waals surface area contributed by atoms with Crippen molar-refractivity contribution < 1.29 is 31.1 Å². The molecule has 1 saturated carbocycles. The van der Waals surface area contributed by atoms with Crippen LogP contribution in [0.5, 0.6) is 0 Å². The van der Waals surface area contributed by atoms with Gasteiger partial charge in [-0.2, -0.15) is 26.3 Å². The molecule has 1 fully saturated rings. The number of carbonyl (C=O) groups is 1. The van der Waals surface area contributed by atoms with E-state index in [-0.39, 0.29) is 34.2 Å². The average Bonchev–Trinajstić information content (AvgIpc) is 3.30. The molecule has 0 aliphatic heterocycles. The van der Waals surface area contributed by atoms with Crippen LogP contribution < -0.4 is 10.2 Å². The Kier molecular flexibility index (Phi) is 6.86. The fourth-order valence-corrected chi connectivity index (χ4v) is 5.20. The number of hydrogen-bond donors (Lipinski definition) is 2. The first-order chi connectivity index (χ1) is 18.3. The van der Waals surface area contributed by atoms with E-state index in [4.69, 9.17) is 11.6 Å². The van der Waals surface area contributed by atoms with Crippen molar-refractivity contribution in [2.24, 2.45) is 0 Å². The first kappa shape index (κ1) is 27.0. The maximum absolute atomic E-state index is 13.5. The van der Waals surface area contributed by atoms with Gasteiger partial charge in [-0.3, -0.25) is 4.79 Å². The minimum atomic E-state index is -4.62. The van der Waals surface area contributed by atoms with E-state index in [1.807, 2.05) is 0 Å². The van der Waals surface area contributed by atoms with Crippen LogP contribution in [0.4, 0.5) is 32.0 Å². The second-order valence-corrected chi connectivity index (χ2v) is 10.0. The van der Waals surface area contributed by atoms with Gasteiger partial charge in [-0.1, -0.05) is 11.6 Å². The Morgan fingerprint density at radius 2 is 1.74 bits per heavy atom. The molecule has 5 rings (SSSR count). The third-order valence-corrected chi connectivity index (χ3v) is 7.34. The minimum Gasteiger partial charge on any atom is -0.371 e. The third kappa shape index (κ3) is 5.47. The molecule has 4 aromatic rings. The van der Waals surface area contributed by atoms with E-state index in [2.05, 4.69) is 20.3 Å². The van der Waals surface area contributed by atoms with Gasteiger partial charge in [-0.05, 0) is 56.0 Å². The van der Waals surface area contributed by atoms with Gasteiger partial charge in [-0.15, -0.1) is 0 Å². The quantitative estimate of drug-likeness (QED) is 0.260. The summed E-state index contributed by atoms with van der Waals surface area (Å²) in [5, 5.41) is 3.82. The van der Waals surface area contributed by atoms with Crippen molar-refractivity contribution >= 4 is 45.1 Å². The van der Waals surface area contributed by atoms with E-state index in [0.29, 0.717) is 48.0 Å². The Hall–Kier alpha value is -3.54. The van der Waals surface area contributed by atoms with E-state index in [0.717, 1.165) is 12.1 Å². The molecule has 1 aliphatic rings. The predicted molar refractivity (Wildman–Crippen MR) is 135 cm³/mol. The lowest BCUT2D eigenvalue weighted by Gasteiger charge is -2.37. The highest BCUT2D eigenvalue weighted by atomic mass is 35.5. The average molecular weight is 570 g/mol. The summed E-state index contributed by atoms with van der Waals surface area (Å²) >= 11 is 6.12. The zero-order valence-corrected chi connectivity index (χ0v) is 21.2. The van der Waals surface area contributed by atoms with Gasteiger partial charge >= 0.3 is 12.4 Å². The topological polar surface area (TPSA) is 73.9 Å². The number of H-pyrrole nitrogens is 1. The molecule has 206 valence electrons. The molecule has 3 aromatic heterocycles. The number of halogens is 7. The summed E-state index contributed by atoms with van der Waals surface area (Å²) in [5.41, 5.74) is -1.19. The van der Waals surface area contributed by atoms with Crippen LogP contribution in [0.15, 0.2) is 42.7 Å². The molecule has 0 bridgehead atoms. The van der Waals surface area contributed by atoms with Crippen molar-refractivity contribution in [2.75, 3.05) is 11.9 Å². The minimum absolute atomic E-state index is 0.0580. The van der Waals surface area contributed by atoms with Gasteiger partial charge in [0.15, 0.2) is 0 Å². The highest BCUT2D eigenvalue weighted by Gasteiger charge is 2.35. The van der Waals surface area contributed by atoms with Crippen LogP contribution in [0.3, 0.4) is 0 Å². The maximum atomic E-state index is 13.5. The van der Waals surface area contributed by atoms with Gasteiger partial charge in [0.2, 0.25) is 0 Å². The number of aromatic amines is 1. The second kappa shape index (κ2) is 9.89. The van der Waals surface area contributed by atoms with Crippen molar-refractivity contribution in [3.8, 4) is 0 Å². The fourth-order valence-electron chi connectivity index (χ4n) is 5.03. The summed E-state index contributed by atoms with van der Waals surface area (Å²) in [6.45, 7) is 0. The Morgan fingerprint density at radius 1 is 1.03 bits per heavy atom. The van der Waals surface area contributed by atoms with E-state index < -0.39 is 29.5 Å². The number of alkyl halides is 6. The summed E-state index contributed by atoms with van der Waals surface area (Å²) in [5.74, 6) is -0.524. The number of amides is 1. The molecule has 0 radical (unpaired) electrons. The number of rotatable bonds is 4. The number of pyridine rings is 2. The maximum Gasteiger partial charge on any atom is 0.433 e. The Labute approximate surface area is 223 Å². The Balaban J connectivity index is 1.31. The molecule has 1 aliphatic carbocycles. The molecule has 39 heavy (non-hydrogen) atoms. The van der Waals surface area contributed by atoms with Crippen molar-refractivity contribution in [3.05, 3.63) is 64.6 Å². The fraction of sp³-hybridized carbons (Fsp3) is 0.346. The number of anilines is 1. The van der Waals surface area contributed by atoms with E-state index in [9.17, 15) is 31.1 Å². The van der Waals surface area contributed by atoms with E-state index in [1.54, 1.807) is 18.0 Å². The molecule has 0 unspecified atom stereocenters. The predicted octanol–water partition coefficient (Wildman–Crippen LogP) is 6.98. The molecular formula is C26H22ClF6N5O. The molecular weight excluding hydrogens is 548 g/mol. The van der Waals surface area contributed by atoms with Gasteiger partial charge < -0.3 is 15.2 Å². The molecule has 1 amide bonds. The Morgan fingerprint density at radius 3 is 2.41 bits per heavy atom. The standard InChI is InChI=1S/C26H22ClF6N5O/c1-38(21-10-22(26(31,32)33)37-20-7-2-14(27)9-18(20)21)16-5-3-15(4-6-16)36-24(39)19-12-35-23-17(19)8-13(11-34-23)25(28,29)30/h2,7-12,15-16H,3-6H2,1H3,(H,34,35)(H,36,39)/t15-,16+. The molecule has 0 saturated heterocycles. The van der Waals surface area contributed by atoms with Gasteiger partial charge in [-0.25, -0.2) is 9.97 Å². The van der Waals surface area contributed by atoms with Crippen LogP contribution in [0.2, 0.25) is 5.02 Å². The third-order valence-electron chi connectivity index (χ3n) is 7.10. The van der Waals surface area contributed by atoms with Crippen molar-refractivity contribution in [2.45, 2.75) is 50.1 Å². The number of nitrogens with one attached hydrogen (secondary N) is 2. The number of aromatic nitrogens is 3. The van der Waals surface area contributed by atoms with Crippen LogP contribution in [0.25, 0.3) is 21.9 Å². The number of hydrogen-bond acceptors (Lipinski definition) is 4. The number of fused-ring (bicyclic) bond motifs is 2. The summed E-state index contributed by atoms with van der Waals surface area (Å²) in [4.78, 5) is 24.9. The van der Waals surface area contributed by atoms with Crippen molar-refractivity contribution in [1.82, 2.24) is 20.3 Å². The molecule has 3 heterocycles. The number of nitrogens with zero attached hydrogens (tertiary/aromatic N) is 3. The normalized spacial score (nSPS) is 18.5. The molecule has 2 N–H and O–H groups in total. The van der Waals surface area contributed by atoms with E-state index in [1.165, 1.54) is 18.3 Å². The molecule has 1 aromatic carbocycles. The van der Waals surface area contributed by atoms with E-state index >= 15 is 0 Å². The van der Waals surface area contributed by atoms with Gasteiger partial charge in [0.05, 0.1) is 16.6 Å². The van der Waals surface area contributed by atoms with Crippen LogP contribution in [0.1, 0.15) is 47.3 Å². The van der Waals surface area contributed by atoms with Gasteiger partial charge in [0.25, 0.3) is 5.91 Å². The first-order valence-corrected chi connectivity index (χ1v) is 12.4. The monoisotopic (exact) mass is 569 g/mol. The van der Waals surface area contributed by atoms with Crippen molar-refractivity contribution in [3.63, 3.8) is 0 Å². The van der Waals surface area contributed by atoms with Gasteiger partial charge in [0, 0.05) is 53.0 Å². The second-order valence-electron chi connectivity index (χ2n) is 9.60. The molecule has 0 atom stereocenters. The smallest absolute Gasteiger partial charge is 0.371 e.